The van der Waals surface area contributed by atoms with Crippen LogP contribution in [-0.4, -0.2) is 36.0 Å². The highest BCUT2D eigenvalue weighted by atomic mass is 16.1. The molecule has 0 saturated carbocycles. The minimum atomic E-state index is -0.228. The van der Waals surface area contributed by atoms with Gasteiger partial charge in [0.15, 0.2) is 0 Å². The number of nitrogens with one attached hydrogen (secondary N) is 2. The average Bonchev–Trinajstić information content (AvgIpc) is 2.48. The van der Waals surface area contributed by atoms with Crippen molar-refractivity contribution in [1.82, 2.24) is 9.97 Å². The Kier molecular flexibility index (Phi) is 4.93. The van der Waals surface area contributed by atoms with Gasteiger partial charge in [-0.1, -0.05) is 0 Å². The normalized spacial score (nSPS) is 10.4. The second kappa shape index (κ2) is 6.89. The van der Waals surface area contributed by atoms with Crippen molar-refractivity contribution >= 4 is 23.2 Å². The summed E-state index contributed by atoms with van der Waals surface area (Å²) in [6.07, 6.45) is 3.03. The lowest BCUT2D eigenvalue weighted by Crippen LogP contribution is -2.15. The number of hydrogen-bond acceptors (Lipinski definition) is 5. The van der Waals surface area contributed by atoms with Gasteiger partial charge in [0.05, 0.1) is 5.56 Å². The first kappa shape index (κ1) is 15.8. The summed E-state index contributed by atoms with van der Waals surface area (Å²) in [6.45, 7) is 4.00. The molecule has 1 amide bonds. The topological polar surface area (TPSA) is 70.2 Å². The van der Waals surface area contributed by atoms with E-state index in [4.69, 9.17) is 0 Å². The van der Waals surface area contributed by atoms with Gasteiger partial charge in [-0.05, 0) is 38.1 Å². The van der Waals surface area contributed by atoms with Gasteiger partial charge >= 0.3 is 0 Å². The fraction of sp³-hybridized carbons (Fsp3) is 0.312. The van der Waals surface area contributed by atoms with E-state index in [9.17, 15) is 4.79 Å². The first-order valence-electron chi connectivity index (χ1n) is 7.13. The fourth-order valence-electron chi connectivity index (χ4n) is 1.82. The van der Waals surface area contributed by atoms with E-state index in [0.29, 0.717) is 11.5 Å². The number of aromatic nitrogens is 2. The van der Waals surface area contributed by atoms with Crippen molar-refractivity contribution in [1.29, 1.82) is 0 Å². The molecule has 0 aliphatic rings. The first-order valence-corrected chi connectivity index (χ1v) is 7.13. The van der Waals surface area contributed by atoms with Crippen molar-refractivity contribution in [3.63, 3.8) is 0 Å². The molecule has 1 heterocycles. The SMILES string of the molecule is CC(C)Nc1ncc(C(=O)Nc2ccc(N(C)C)cc2)cn1. The summed E-state index contributed by atoms with van der Waals surface area (Å²) in [4.78, 5) is 22.4. The molecule has 2 N–H and O–H groups in total. The van der Waals surface area contributed by atoms with Crippen LogP contribution in [0.1, 0.15) is 24.2 Å². The van der Waals surface area contributed by atoms with Crippen molar-refractivity contribution in [2.75, 3.05) is 29.6 Å². The van der Waals surface area contributed by atoms with Crippen LogP contribution in [0.5, 0.6) is 0 Å². The zero-order chi connectivity index (χ0) is 16.1. The Hall–Kier alpha value is -2.63. The maximum absolute atomic E-state index is 12.1. The van der Waals surface area contributed by atoms with Crippen LogP contribution in [0, 0.1) is 0 Å². The third kappa shape index (κ3) is 4.18. The van der Waals surface area contributed by atoms with Gasteiger partial charge in [-0.2, -0.15) is 0 Å². The maximum Gasteiger partial charge on any atom is 0.258 e. The molecule has 0 spiro atoms. The van der Waals surface area contributed by atoms with E-state index in [1.165, 1.54) is 12.4 Å². The quantitative estimate of drug-likeness (QED) is 0.888. The summed E-state index contributed by atoms with van der Waals surface area (Å²) in [7, 11) is 3.94. The number of anilines is 3. The van der Waals surface area contributed by atoms with E-state index in [2.05, 4.69) is 20.6 Å². The zero-order valence-corrected chi connectivity index (χ0v) is 13.3. The number of benzene rings is 1. The van der Waals surface area contributed by atoms with Crippen molar-refractivity contribution in [3.05, 3.63) is 42.2 Å². The Morgan fingerprint density at radius 2 is 1.68 bits per heavy atom. The number of carbonyl (C=O) groups is 1. The van der Waals surface area contributed by atoms with Gasteiger partial charge in [-0.25, -0.2) is 9.97 Å². The third-order valence-corrected chi connectivity index (χ3v) is 2.97. The lowest BCUT2D eigenvalue weighted by Gasteiger charge is -2.13. The maximum atomic E-state index is 12.1. The van der Waals surface area contributed by atoms with Crippen LogP contribution < -0.4 is 15.5 Å². The molecule has 6 heteroatoms. The molecule has 0 aliphatic carbocycles. The summed E-state index contributed by atoms with van der Waals surface area (Å²) in [5.41, 5.74) is 2.23. The van der Waals surface area contributed by atoms with Gasteiger partial charge in [0.25, 0.3) is 5.91 Å². The van der Waals surface area contributed by atoms with Crippen LogP contribution in [0.25, 0.3) is 0 Å². The Bertz CT molecular complexity index is 620. The molecule has 22 heavy (non-hydrogen) atoms. The number of nitrogens with zero attached hydrogens (tertiary/aromatic N) is 3. The van der Waals surface area contributed by atoms with Crippen LogP contribution in [-0.2, 0) is 0 Å². The van der Waals surface area contributed by atoms with Gasteiger partial charge in [-0.3, -0.25) is 4.79 Å². The highest BCUT2D eigenvalue weighted by Crippen LogP contribution is 2.16. The lowest BCUT2D eigenvalue weighted by molar-refractivity contribution is 0.102. The van der Waals surface area contributed by atoms with E-state index >= 15 is 0 Å². The van der Waals surface area contributed by atoms with Crippen LogP contribution in [0.2, 0.25) is 0 Å². The molecule has 1 aromatic carbocycles. The van der Waals surface area contributed by atoms with Gasteiger partial charge in [0.2, 0.25) is 5.95 Å². The minimum absolute atomic E-state index is 0.228. The van der Waals surface area contributed by atoms with Crippen molar-refractivity contribution < 1.29 is 4.79 Å². The predicted octanol–water partition coefficient (Wildman–Crippen LogP) is 2.62. The van der Waals surface area contributed by atoms with Gasteiger partial charge in [0.1, 0.15) is 0 Å². The van der Waals surface area contributed by atoms with Gasteiger partial charge in [-0.15, -0.1) is 0 Å². The number of rotatable bonds is 5. The van der Waals surface area contributed by atoms with E-state index in [0.717, 1.165) is 11.4 Å². The number of amides is 1. The Balaban J connectivity index is 2.02. The van der Waals surface area contributed by atoms with Crippen LogP contribution in [0.15, 0.2) is 36.7 Å². The molecule has 6 nitrogen and oxygen atoms in total. The average molecular weight is 299 g/mol. The first-order chi connectivity index (χ1) is 10.5. The van der Waals surface area contributed by atoms with Crippen LogP contribution in [0.4, 0.5) is 17.3 Å². The van der Waals surface area contributed by atoms with E-state index in [-0.39, 0.29) is 11.9 Å². The smallest absolute Gasteiger partial charge is 0.258 e. The molecular weight excluding hydrogens is 278 g/mol. The summed E-state index contributed by atoms with van der Waals surface area (Å²) < 4.78 is 0. The molecule has 0 bridgehead atoms. The Labute approximate surface area is 130 Å². The molecule has 116 valence electrons. The zero-order valence-electron chi connectivity index (χ0n) is 13.3. The molecule has 1 aromatic heterocycles. The van der Waals surface area contributed by atoms with Crippen LogP contribution >= 0.6 is 0 Å². The lowest BCUT2D eigenvalue weighted by atomic mass is 10.2. The standard InChI is InChI=1S/C16H21N5O/c1-11(2)19-16-17-9-12(10-18-16)15(22)20-13-5-7-14(8-6-13)21(3)4/h5-11H,1-4H3,(H,20,22)(H,17,18,19). The van der Waals surface area contributed by atoms with Crippen molar-refractivity contribution in [2.24, 2.45) is 0 Å². The summed E-state index contributed by atoms with van der Waals surface area (Å²) >= 11 is 0. The van der Waals surface area contributed by atoms with E-state index < -0.39 is 0 Å². The van der Waals surface area contributed by atoms with E-state index in [1.807, 2.05) is 57.1 Å². The van der Waals surface area contributed by atoms with Gasteiger partial charge < -0.3 is 15.5 Å². The summed E-state index contributed by atoms with van der Waals surface area (Å²) in [5.74, 6) is 0.288. The van der Waals surface area contributed by atoms with Crippen molar-refractivity contribution in [2.45, 2.75) is 19.9 Å². The molecule has 0 saturated heterocycles. The molecular formula is C16H21N5O. The molecule has 2 rings (SSSR count). The predicted molar refractivity (Wildman–Crippen MR) is 89.5 cm³/mol. The van der Waals surface area contributed by atoms with E-state index in [1.54, 1.807) is 0 Å². The minimum Gasteiger partial charge on any atom is -0.378 e. The van der Waals surface area contributed by atoms with Gasteiger partial charge in [0, 0.05) is 43.9 Å². The Morgan fingerprint density at radius 3 is 2.18 bits per heavy atom. The van der Waals surface area contributed by atoms with Crippen molar-refractivity contribution in [3.8, 4) is 0 Å². The fourth-order valence-corrected chi connectivity index (χ4v) is 1.82. The van der Waals surface area contributed by atoms with Crippen LogP contribution in [0.3, 0.4) is 0 Å². The monoisotopic (exact) mass is 299 g/mol. The summed E-state index contributed by atoms with van der Waals surface area (Å²) in [5, 5.41) is 5.91. The molecule has 0 unspecified atom stereocenters. The molecule has 0 radical (unpaired) electrons. The molecule has 0 fully saturated rings. The number of carbonyl (C=O) groups excluding carboxylic acids is 1. The number of hydrogen-bond donors (Lipinski definition) is 2. The molecule has 0 atom stereocenters. The second-order valence-electron chi connectivity index (χ2n) is 5.49. The molecule has 2 aromatic rings. The summed E-state index contributed by atoms with van der Waals surface area (Å²) in [6, 6.07) is 7.87. The highest BCUT2D eigenvalue weighted by molar-refractivity contribution is 6.03. The Morgan fingerprint density at radius 1 is 1.09 bits per heavy atom. The largest absolute Gasteiger partial charge is 0.378 e. The molecule has 0 aliphatic heterocycles. The third-order valence-electron chi connectivity index (χ3n) is 2.97. The highest BCUT2D eigenvalue weighted by Gasteiger charge is 2.08. The second-order valence-corrected chi connectivity index (χ2v) is 5.49.